The highest BCUT2D eigenvalue weighted by Gasteiger charge is 2.29. The molecule has 5 heteroatoms. The molecule has 0 aliphatic carbocycles. The summed E-state index contributed by atoms with van der Waals surface area (Å²) in [5.41, 5.74) is 7.08. The van der Waals surface area contributed by atoms with Crippen molar-refractivity contribution in [3.05, 3.63) is 29.8 Å². The highest BCUT2D eigenvalue weighted by Crippen LogP contribution is 2.22. The van der Waals surface area contributed by atoms with Crippen LogP contribution in [-0.4, -0.2) is 43.4 Å². The summed E-state index contributed by atoms with van der Waals surface area (Å²) in [5, 5.41) is 0. The van der Waals surface area contributed by atoms with E-state index in [2.05, 4.69) is 0 Å². The second-order valence-electron chi connectivity index (χ2n) is 4.98. The molecule has 102 valence electrons. The number of urea groups is 1. The second kappa shape index (κ2) is 5.40. The van der Waals surface area contributed by atoms with Crippen molar-refractivity contribution >= 4 is 17.5 Å². The number of benzene rings is 1. The lowest BCUT2D eigenvalue weighted by molar-refractivity contribution is 0.101. The van der Waals surface area contributed by atoms with Crippen molar-refractivity contribution in [3.8, 4) is 0 Å². The molecule has 1 saturated heterocycles. The highest BCUT2D eigenvalue weighted by atomic mass is 16.2. The normalized spacial score (nSPS) is 19.7. The lowest BCUT2D eigenvalue weighted by atomic mass is 10.0. The average Bonchev–Trinajstić information content (AvgIpc) is 2.41. The third-order valence-electron chi connectivity index (χ3n) is 3.43. The fourth-order valence-corrected chi connectivity index (χ4v) is 2.32. The Morgan fingerprint density at radius 1 is 1.42 bits per heavy atom. The second-order valence-corrected chi connectivity index (χ2v) is 4.98. The number of ketones is 1. The smallest absolute Gasteiger partial charge is 0.324 e. The fourth-order valence-electron chi connectivity index (χ4n) is 2.32. The molecule has 0 spiro atoms. The van der Waals surface area contributed by atoms with Gasteiger partial charge in [0.25, 0.3) is 0 Å². The zero-order valence-corrected chi connectivity index (χ0v) is 11.3. The van der Waals surface area contributed by atoms with Crippen LogP contribution in [0.4, 0.5) is 10.5 Å². The van der Waals surface area contributed by atoms with E-state index >= 15 is 0 Å². The van der Waals surface area contributed by atoms with E-state index in [1.807, 2.05) is 6.07 Å². The number of Topliss-reactive ketones (excluding diaryl/α,β-unsaturated/α-hetero) is 1. The van der Waals surface area contributed by atoms with Gasteiger partial charge in [0.1, 0.15) is 0 Å². The SMILES string of the molecule is CC(=O)c1cccc(N2CC(CN)CN(C)C2=O)c1. The van der Waals surface area contributed by atoms with Gasteiger partial charge in [-0.2, -0.15) is 0 Å². The van der Waals surface area contributed by atoms with Gasteiger partial charge in [-0.25, -0.2) is 4.79 Å². The number of nitrogens with zero attached hydrogens (tertiary/aromatic N) is 2. The van der Waals surface area contributed by atoms with Gasteiger partial charge in [-0.1, -0.05) is 12.1 Å². The molecule has 5 nitrogen and oxygen atoms in total. The van der Waals surface area contributed by atoms with Crippen LogP contribution in [0, 0.1) is 5.92 Å². The van der Waals surface area contributed by atoms with Gasteiger partial charge in [-0.05, 0) is 25.6 Å². The molecule has 1 aromatic carbocycles. The number of carbonyl (C=O) groups excluding carboxylic acids is 2. The van der Waals surface area contributed by atoms with Crippen LogP contribution in [0.5, 0.6) is 0 Å². The molecular formula is C14H19N3O2. The molecule has 19 heavy (non-hydrogen) atoms. The van der Waals surface area contributed by atoms with Crippen LogP contribution in [0.3, 0.4) is 0 Å². The summed E-state index contributed by atoms with van der Waals surface area (Å²) in [6.45, 7) is 3.34. The first-order chi connectivity index (χ1) is 9.02. The first kappa shape index (κ1) is 13.5. The minimum Gasteiger partial charge on any atom is -0.330 e. The summed E-state index contributed by atoms with van der Waals surface area (Å²) in [6.07, 6.45) is 0. The van der Waals surface area contributed by atoms with E-state index in [0.717, 1.165) is 5.69 Å². The average molecular weight is 261 g/mol. The Hall–Kier alpha value is -1.88. The Balaban J connectivity index is 2.30. The van der Waals surface area contributed by atoms with E-state index in [-0.39, 0.29) is 17.7 Å². The van der Waals surface area contributed by atoms with Gasteiger partial charge >= 0.3 is 6.03 Å². The molecule has 2 amide bonds. The summed E-state index contributed by atoms with van der Waals surface area (Å²) < 4.78 is 0. The van der Waals surface area contributed by atoms with Crippen LogP contribution in [0.1, 0.15) is 17.3 Å². The summed E-state index contributed by atoms with van der Waals surface area (Å²) >= 11 is 0. The van der Waals surface area contributed by atoms with E-state index in [1.165, 1.54) is 6.92 Å². The van der Waals surface area contributed by atoms with Gasteiger partial charge in [0.05, 0.1) is 0 Å². The number of hydrogen-bond acceptors (Lipinski definition) is 3. The Labute approximate surface area is 113 Å². The number of amides is 2. The Morgan fingerprint density at radius 2 is 2.16 bits per heavy atom. The Morgan fingerprint density at radius 3 is 2.79 bits per heavy atom. The van der Waals surface area contributed by atoms with Crippen LogP contribution < -0.4 is 10.6 Å². The van der Waals surface area contributed by atoms with E-state index in [9.17, 15) is 9.59 Å². The first-order valence-electron chi connectivity index (χ1n) is 6.36. The zero-order chi connectivity index (χ0) is 14.0. The van der Waals surface area contributed by atoms with Crippen molar-refractivity contribution in [2.45, 2.75) is 6.92 Å². The van der Waals surface area contributed by atoms with E-state index in [1.54, 1.807) is 35.0 Å². The molecule has 1 aliphatic heterocycles. The minimum atomic E-state index is -0.0506. The lowest BCUT2D eigenvalue weighted by Crippen LogP contribution is -2.53. The van der Waals surface area contributed by atoms with Crippen LogP contribution in [0.15, 0.2) is 24.3 Å². The quantitative estimate of drug-likeness (QED) is 0.835. The zero-order valence-electron chi connectivity index (χ0n) is 11.3. The number of nitrogens with two attached hydrogens (primary N) is 1. The predicted octanol–water partition coefficient (Wildman–Crippen LogP) is 1.34. The highest BCUT2D eigenvalue weighted by molar-refractivity contribution is 5.97. The molecule has 1 atom stereocenters. The van der Waals surface area contributed by atoms with Crippen molar-refractivity contribution in [2.24, 2.45) is 11.7 Å². The van der Waals surface area contributed by atoms with Crippen LogP contribution >= 0.6 is 0 Å². The molecule has 0 bridgehead atoms. The maximum absolute atomic E-state index is 12.2. The van der Waals surface area contributed by atoms with Crippen LogP contribution in [0.25, 0.3) is 0 Å². The Bertz CT molecular complexity index is 501. The molecule has 1 fully saturated rings. The molecule has 1 heterocycles. The maximum atomic E-state index is 12.2. The molecule has 2 rings (SSSR count). The summed E-state index contributed by atoms with van der Waals surface area (Å²) in [4.78, 5) is 27.0. The van der Waals surface area contributed by atoms with Crippen molar-refractivity contribution in [1.29, 1.82) is 0 Å². The molecule has 0 radical (unpaired) electrons. The maximum Gasteiger partial charge on any atom is 0.324 e. The molecule has 2 N–H and O–H groups in total. The third kappa shape index (κ3) is 2.76. The van der Waals surface area contributed by atoms with Gasteiger partial charge in [0, 0.05) is 37.3 Å². The van der Waals surface area contributed by atoms with Gasteiger partial charge in [0.2, 0.25) is 0 Å². The van der Waals surface area contributed by atoms with E-state index < -0.39 is 0 Å². The molecular weight excluding hydrogens is 242 g/mol. The summed E-state index contributed by atoms with van der Waals surface area (Å²) in [5.74, 6) is 0.249. The van der Waals surface area contributed by atoms with Crippen molar-refractivity contribution in [1.82, 2.24) is 4.90 Å². The predicted molar refractivity (Wildman–Crippen MR) is 74.4 cm³/mol. The van der Waals surface area contributed by atoms with Crippen molar-refractivity contribution in [3.63, 3.8) is 0 Å². The number of anilines is 1. The van der Waals surface area contributed by atoms with Crippen LogP contribution in [0.2, 0.25) is 0 Å². The summed E-state index contributed by atoms with van der Waals surface area (Å²) in [7, 11) is 1.77. The number of rotatable bonds is 3. The van der Waals surface area contributed by atoms with Gasteiger partial charge < -0.3 is 10.6 Å². The molecule has 1 aliphatic rings. The van der Waals surface area contributed by atoms with Crippen molar-refractivity contribution < 1.29 is 9.59 Å². The lowest BCUT2D eigenvalue weighted by Gasteiger charge is -2.38. The monoisotopic (exact) mass is 261 g/mol. The molecule has 0 saturated carbocycles. The van der Waals surface area contributed by atoms with E-state index in [4.69, 9.17) is 5.73 Å². The molecule has 1 aromatic rings. The van der Waals surface area contributed by atoms with Gasteiger partial charge in [0.15, 0.2) is 5.78 Å². The topological polar surface area (TPSA) is 66.6 Å². The number of carbonyl (C=O) groups is 2. The standard InChI is InChI=1S/C14H19N3O2/c1-10(18)12-4-3-5-13(6-12)17-9-11(7-15)8-16(2)14(17)19/h3-6,11H,7-9,15H2,1-2H3. The van der Waals surface area contributed by atoms with Gasteiger partial charge in [-0.15, -0.1) is 0 Å². The van der Waals surface area contributed by atoms with E-state index in [0.29, 0.717) is 25.2 Å². The van der Waals surface area contributed by atoms with Crippen molar-refractivity contribution in [2.75, 3.05) is 31.6 Å². The largest absolute Gasteiger partial charge is 0.330 e. The Kier molecular flexibility index (Phi) is 3.85. The molecule has 0 aromatic heterocycles. The van der Waals surface area contributed by atoms with Gasteiger partial charge in [-0.3, -0.25) is 9.69 Å². The third-order valence-corrected chi connectivity index (χ3v) is 3.43. The minimum absolute atomic E-state index is 0.00459. The number of hydrogen-bond donors (Lipinski definition) is 1. The molecule has 1 unspecified atom stereocenters. The van der Waals surface area contributed by atoms with Crippen LogP contribution in [-0.2, 0) is 0 Å². The summed E-state index contributed by atoms with van der Waals surface area (Å²) in [6, 6.07) is 7.10. The first-order valence-corrected chi connectivity index (χ1v) is 6.36. The fraction of sp³-hybridized carbons (Fsp3) is 0.429.